The molecule has 4 aromatic rings. The van der Waals surface area contributed by atoms with Crippen molar-refractivity contribution in [3.05, 3.63) is 119 Å². The Bertz CT molecular complexity index is 1830. The van der Waals surface area contributed by atoms with Gasteiger partial charge in [0.1, 0.15) is 0 Å². The van der Waals surface area contributed by atoms with E-state index in [4.69, 9.17) is 0 Å². The van der Waals surface area contributed by atoms with Gasteiger partial charge in [-0.15, -0.1) is 0 Å². The predicted molar refractivity (Wildman–Crippen MR) is 161 cm³/mol. The molecule has 0 aliphatic heterocycles. The number of aryl methyl sites for hydroxylation is 3. The monoisotopic (exact) mass is 590 g/mol. The smallest absolute Gasteiger partial charge is 0.271 e. The maximum Gasteiger partial charge on any atom is 0.271 e. The number of sulfonamides is 2. The fourth-order valence-electron chi connectivity index (χ4n) is 3.91. The van der Waals surface area contributed by atoms with E-state index < -0.39 is 26.0 Å². The van der Waals surface area contributed by atoms with E-state index in [0.717, 1.165) is 16.7 Å². The summed E-state index contributed by atoms with van der Waals surface area (Å²) in [5.74, 6) is -0.588. The van der Waals surface area contributed by atoms with Crippen LogP contribution in [0.5, 0.6) is 0 Å². The molecule has 9 nitrogen and oxygen atoms in total. The van der Waals surface area contributed by atoms with Gasteiger partial charge in [-0.2, -0.15) is 5.10 Å². The third-order valence-corrected chi connectivity index (χ3v) is 9.00. The number of anilines is 2. The number of hydrazone groups is 1. The van der Waals surface area contributed by atoms with E-state index in [1.54, 1.807) is 49.4 Å². The topological polar surface area (TPSA) is 134 Å². The molecule has 0 saturated heterocycles. The van der Waals surface area contributed by atoms with Crippen molar-refractivity contribution >= 4 is 43.0 Å². The number of carbonyl (C=O) groups is 1. The molecule has 0 spiro atoms. The quantitative estimate of drug-likeness (QED) is 0.178. The van der Waals surface area contributed by atoms with Crippen molar-refractivity contribution < 1.29 is 21.6 Å². The molecule has 1 amide bonds. The van der Waals surface area contributed by atoms with Gasteiger partial charge in [-0.05, 0) is 87.4 Å². The van der Waals surface area contributed by atoms with E-state index >= 15 is 0 Å². The van der Waals surface area contributed by atoms with Crippen LogP contribution < -0.4 is 14.9 Å². The predicted octanol–water partition coefficient (Wildman–Crippen LogP) is 5.37. The minimum atomic E-state index is -3.93. The number of hydrogen-bond donors (Lipinski definition) is 3. The molecule has 0 unspecified atom stereocenters. The number of benzene rings is 4. The molecule has 0 heterocycles. The molecule has 0 atom stereocenters. The Kier molecular flexibility index (Phi) is 8.60. The summed E-state index contributed by atoms with van der Waals surface area (Å²) >= 11 is 0. The summed E-state index contributed by atoms with van der Waals surface area (Å²) in [6.07, 6.45) is 0. The lowest BCUT2D eigenvalue weighted by Gasteiger charge is -2.12. The van der Waals surface area contributed by atoms with Gasteiger partial charge in [0.15, 0.2) is 0 Å². The highest BCUT2D eigenvalue weighted by molar-refractivity contribution is 7.93. The molecule has 0 fully saturated rings. The summed E-state index contributed by atoms with van der Waals surface area (Å²) in [5, 5.41) is 4.12. The SMILES string of the molecule is C/C(=N\NC(=O)c1cccc(S(=O)(=O)Nc2ccc(C)cc2C)c1)c1ccc(NS(=O)(=O)c2ccc(C)cc2)cc1. The van der Waals surface area contributed by atoms with E-state index in [1.165, 1.54) is 36.4 Å². The summed E-state index contributed by atoms with van der Waals surface area (Å²) in [5.41, 5.74) is 7.26. The van der Waals surface area contributed by atoms with Gasteiger partial charge >= 0.3 is 0 Å². The number of carbonyl (C=O) groups excluding carboxylic acids is 1. The fourth-order valence-corrected chi connectivity index (χ4v) is 6.15. The Morgan fingerprint density at radius 2 is 1.29 bits per heavy atom. The highest BCUT2D eigenvalue weighted by Gasteiger charge is 2.18. The normalized spacial score (nSPS) is 12.0. The van der Waals surface area contributed by atoms with Gasteiger partial charge in [0.05, 0.1) is 21.2 Å². The first-order valence-corrected chi connectivity index (χ1v) is 15.6. The van der Waals surface area contributed by atoms with Crippen molar-refractivity contribution in [2.45, 2.75) is 37.5 Å². The van der Waals surface area contributed by atoms with E-state index in [9.17, 15) is 21.6 Å². The van der Waals surface area contributed by atoms with Gasteiger partial charge in [-0.1, -0.05) is 53.6 Å². The lowest BCUT2D eigenvalue weighted by atomic mass is 10.1. The minimum Gasteiger partial charge on any atom is -0.280 e. The van der Waals surface area contributed by atoms with Crippen molar-refractivity contribution in [2.24, 2.45) is 5.10 Å². The Labute approximate surface area is 240 Å². The van der Waals surface area contributed by atoms with E-state index in [-0.39, 0.29) is 15.4 Å². The Morgan fingerprint density at radius 3 is 1.95 bits per heavy atom. The minimum absolute atomic E-state index is 0.0606. The summed E-state index contributed by atoms with van der Waals surface area (Å²) in [6.45, 7) is 7.29. The summed E-state index contributed by atoms with van der Waals surface area (Å²) in [6, 6.07) is 24.1. The molecule has 0 aromatic heterocycles. The van der Waals surface area contributed by atoms with Gasteiger partial charge in [0.2, 0.25) is 0 Å². The van der Waals surface area contributed by atoms with Crippen molar-refractivity contribution in [3.63, 3.8) is 0 Å². The van der Waals surface area contributed by atoms with Crippen LogP contribution in [0.2, 0.25) is 0 Å². The summed E-state index contributed by atoms with van der Waals surface area (Å²) < 4.78 is 56.3. The fraction of sp³-hybridized carbons (Fsp3) is 0.133. The van der Waals surface area contributed by atoms with Crippen LogP contribution in [0, 0.1) is 20.8 Å². The third-order valence-electron chi connectivity index (χ3n) is 6.24. The second-order valence-electron chi connectivity index (χ2n) is 9.59. The Balaban J connectivity index is 1.42. The molecular weight excluding hydrogens is 560 g/mol. The van der Waals surface area contributed by atoms with E-state index in [0.29, 0.717) is 22.6 Å². The van der Waals surface area contributed by atoms with Crippen molar-refractivity contribution in [1.82, 2.24) is 5.43 Å². The number of nitrogens with zero attached hydrogens (tertiary/aromatic N) is 1. The average molecular weight is 591 g/mol. The first-order chi connectivity index (χ1) is 19.3. The van der Waals surface area contributed by atoms with E-state index in [2.05, 4.69) is 20.0 Å². The zero-order chi connectivity index (χ0) is 29.8. The van der Waals surface area contributed by atoms with Crippen LogP contribution in [0.25, 0.3) is 0 Å². The molecule has 0 radical (unpaired) electrons. The van der Waals surface area contributed by atoms with Crippen molar-refractivity contribution in [1.29, 1.82) is 0 Å². The van der Waals surface area contributed by atoms with Gasteiger partial charge < -0.3 is 0 Å². The van der Waals surface area contributed by atoms with Crippen LogP contribution in [0.3, 0.4) is 0 Å². The van der Waals surface area contributed by atoms with Crippen LogP contribution in [0.1, 0.15) is 39.5 Å². The number of rotatable bonds is 9. The van der Waals surface area contributed by atoms with Gasteiger partial charge in [0, 0.05) is 11.3 Å². The highest BCUT2D eigenvalue weighted by Crippen LogP contribution is 2.22. The molecule has 11 heteroatoms. The van der Waals surface area contributed by atoms with Crippen LogP contribution in [0.15, 0.2) is 106 Å². The largest absolute Gasteiger partial charge is 0.280 e. The Morgan fingerprint density at radius 1 is 0.659 bits per heavy atom. The van der Waals surface area contributed by atoms with E-state index in [1.807, 2.05) is 32.9 Å². The lowest BCUT2D eigenvalue weighted by molar-refractivity contribution is 0.0954. The van der Waals surface area contributed by atoms with Crippen molar-refractivity contribution in [2.75, 3.05) is 9.44 Å². The zero-order valence-electron chi connectivity index (χ0n) is 23.0. The molecule has 0 aliphatic rings. The van der Waals surface area contributed by atoms with Gasteiger partial charge in [-0.25, -0.2) is 22.3 Å². The summed E-state index contributed by atoms with van der Waals surface area (Å²) in [7, 11) is -7.67. The lowest BCUT2D eigenvalue weighted by Crippen LogP contribution is -2.20. The molecule has 4 aromatic carbocycles. The standard InChI is InChI=1S/C30H30N4O5S2/c1-20-8-15-27(16-9-20)40(36,37)33-26-13-11-24(12-14-26)23(4)31-32-30(35)25-6-5-7-28(19-25)41(38,39)34-29-17-10-21(2)18-22(29)3/h5-19,33-34H,1-4H3,(H,32,35)/b31-23+. The first-order valence-electron chi connectivity index (χ1n) is 12.6. The first kappa shape index (κ1) is 29.5. The molecule has 3 N–H and O–H groups in total. The zero-order valence-corrected chi connectivity index (χ0v) is 24.6. The Hall–Kier alpha value is -4.48. The van der Waals surface area contributed by atoms with Gasteiger partial charge in [-0.3, -0.25) is 14.2 Å². The summed E-state index contributed by atoms with van der Waals surface area (Å²) in [4.78, 5) is 12.9. The third kappa shape index (κ3) is 7.38. The number of hydrogen-bond acceptors (Lipinski definition) is 6. The van der Waals surface area contributed by atoms with Crippen LogP contribution in [-0.2, 0) is 20.0 Å². The van der Waals surface area contributed by atoms with Crippen LogP contribution in [-0.4, -0.2) is 28.5 Å². The van der Waals surface area contributed by atoms with Crippen molar-refractivity contribution in [3.8, 4) is 0 Å². The second kappa shape index (κ2) is 11.9. The highest BCUT2D eigenvalue weighted by atomic mass is 32.2. The van der Waals surface area contributed by atoms with Gasteiger partial charge in [0.25, 0.3) is 26.0 Å². The average Bonchev–Trinajstić information content (AvgIpc) is 2.93. The maximum absolute atomic E-state index is 13.0. The molecule has 0 aliphatic carbocycles. The van der Waals surface area contributed by atoms with Crippen LogP contribution >= 0.6 is 0 Å². The molecule has 0 saturated carbocycles. The maximum atomic E-state index is 13.0. The second-order valence-corrected chi connectivity index (χ2v) is 13.0. The molecule has 41 heavy (non-hydrogen) atoms. The molecular formula is C30H30N4O5S2. The number of nitrogens with one attached hydrogen (secondary N) is 3. The molecule has 0 bridgehead atoms. The number of amides is 1. The molecule has 4 rings (SSSR count). The van der Waals surface area contributed by atoms with Crippen LogP contribution in [0.4, 0.5) is 11.4 Å². The molecule has 212 valence electrons.